The first-order valence-electron chi connectivity index (χ1n) is 7.14. The van der Waals surface area contributed by atoms with Gasteiger partial charge in [0.2, 0.25) is 0 Å². The van der Waals surface area contributed by atoms with Crippen LogP contribution in [0.3, 0.4) is 0 Å². The summed E-state index contributed by atoms with van der Waals surface area (Å²) < 4.78 is 0. The summed E-state index contributed by atoms with van der Waals surface area (Å²) in [5.41, 5.74) is 5.50. The molecule has 1 heteroatoms. The van der Waals surface area contributed by atoms with Gasteiger partial charge in [-0.15, -0.1) is 0 Å². The molecule has 0 radical (unpaired) electrons. The van der Waals surface area contributed by atoms with Crippen molar-refractivity contribution in [1.82, 2.24) is 4.98 Å². The van der Waals surface area contributed by atoms with Crippen LogP contribution in [-0.2, 0) is 0 Å². The van der Waals surface area contributed by atoms with Crippen LogP contribution >= 0.6 is 0 Å². The Kier molecular flexibility index (Phi) is 2.82. The van der Waals surface area contributed by atoms with Gasteiger partial charge in [0.15, 0.2) is 0 Å². The van der Waals surface area contributed by atoms with Crippen molar-refractivity contribution in [2.45, 2.75) is 0 Å². The molecule has 0 amide bonds. The fourth-order valence-electron chi connectivity index (χ4n) is 3.02. The second kappa shape index (κ2) is 4.95. The Morgan fingerprint density at radius 1 is 0.476 bits per heavy atom. The van der Waals surface area contributed by atoms with Crippen LogP contribution in [0.1, 0.15) is 0 Å². The smallest absolute Gasteiger partial charge is 0.000496 e. The molecule has 0 spiro atoms. The van der Waals surface area contributed by atoms with Crippen molar-refractivity contribution < 1.29 is 0 Å². The van der Waals surface area contributed by atoms with Crippen LogP contribution in [0.25, 0.3) is 33.0 Å². The fourth-order valence-corrected chi connectivity index (χ4v) is 3.02. The average molecular weight is 269 g/mol. The first-order valence-corrected chi connectivity index (χ1v) is 7.14. The maximum absolute atomic E-state index is 2.86. The molecule has 1 nitrogen and oxygen atoms in total. The van der Waals surface area contributed by atoms with E-state index < -0.39 is 0 Å². The molecule has 0 saturated heterocycles. The van der Waals surface area contributed by atoms with Gasteiger partial charge >= 0.3 is 0 Å². The molecule has 1 N–H and O–H groups in total. The SMILES string of the molecule is c1cc[nH]c1.c1ccc2c(c1)-c1cccc3cccc-2c13. The summed E-state index contributed by atoms with van der Waals surface area (Å²) in [7, 11) is 0. The monoisotopic (exact) mass is 269 g/mol. The van der Waals surface area contributed by atoms with Crippen molar-refractivity contribution in [3.8, 4) is 22.3 Å². The summed E-state index contributed by atoms with van der Waals surface area (Å²) in [4.78, 5) is 2.86. The van der Waals surface area contributed by atoms with Crippen molar-refractivity contribution in [3.05, 3.63) is 85.2 Å². The molecule has 21 heavy (non-hydrogen) atoms. The van der Waals surface area contributed by atoms with E-state index in [0.29, 0.717) is 0 Å². The molecule has 1 heterocycles. The summed E-state index contributed by atoms with van der Waals surface area (Å²) in [6.07, 6.45) is 3.75. The van der Waals surface area contributed by atoms with Gasteiger partial charge in [-0.05, 0) is 45.2 Å². The molecule has 0 saturated carbocycles. The van der Waals surface area contributed by atoms with Crippen LogP contribution in [0, 0.1) is 0 Å². The van der Waals surface area contributed by atoms with Crippen LogP contribution < -0.4 is 0 Å². The van der Waals surface area contributed by atoms with Crippen LogP contribution in [-0.4, -0.2) is 4.98 Å². The Balaban J connectivity index is 0.000000197. The van der Waals surface area contributed by atoms with E-state index in [1.807, 2.05) is 24.5 Å². The van der Waals surface area contributed by atoms with Crippen molar-refractivity contribution in [2.75, 3.05) is 0 Å². The summed E-state index contributed by atoms with van der Waals surface area (Å²) in [6, 6.07) is 25.6. The molecule has 4 aromatic rings. The number of fused-ring (bicyclic) bond motifs is 3. The Hall–Kier alpha value is -2.80. The van der Waals surface area contributed by atoms with Gasteiger partial charge < -0.3 is 4.98 Å². The zero-order valence-electron chi connectivity index (χ0n) is 11.6. The van der Waals surface area contributed by atoms with E-state index in [1.54, 1.807) is 0 Å². The highest BCUT2D eigenvalue weighted by Gasteiger charge is 2.19. The van der Waals surface area contributed by atoms with E-state index in [2.05, 4.69) is 65.6 Å². The highest BCUT2D eigenvalue weighted by molar-refractivity contribution is 6.15. The van der Waals surface area contributed by atoms with Crippen LogP contribution in [0.2, 0.25) is 0 Å². The zero-order chi connectivity index (χ0) is 14.1. The second-order valence-electron chi connectivity index (χ2n) is 5.14. The van der Waals surface area contributed by atoms with Gasteiger partial charge in [0, 0.05) is 12.4 Å². The minimum Gasteiger partial charge on any atom is -0.368 e. The third kappa shape index (κ3) is 1.95. The van der Waals surface area contributed by atoms with Crippen molar-refractivity contribution in [2.24, 2.45) is 0 Å². The van der Waals surface area contributed by atoms with Gasteiger partial charge in [-0.2, -0.15) is 0 Å². The Morgan fingerprint density at radius 2 is 1.00 bits per heavy atom. The van der Waals surface area contributed by atoms with Crippen molar-refractivity contribution >= 4 is 10.8 Å². The molecular formula is C20H15N. The van der Waals surface area contributed by atoms with Crippen LogP contribution in [0.5, 0.6) is 0 Å². The summed E-state index contributed by atoms with van der Waals surface area (Å²) in [5.74, 6) is 0. The molecule has 100 valence electrons. The minimum absolute atomic E-state index is 1.34. The van der Waals surface area contributed by atoms with Crippen LogP contribution in [0.15, 0.2) is 85.2 Å². The molecule has 0 aliphatic heterocycles. The normalized spacial score (nSPS) is 10.9. The largest absolute Gasteiger partial charge is 0.368 e. The molecule has 1 aromatic heterocycles. The van der Waals surface area contributed by atoms with Gasteiger partial charge in [0.1, 0.15) is 0 Å². The summed E-state index contributed by atoms with van der Waals surface area (Å²) in [6.45, 7) is 0. The number of aromatic nitrogens is 1. The first kappa shape index (κ1) is 12.0. The standard InChI is InChI=1S/C16H10.C4H5N/c1-2-8-13-12(7-1)14-9-3-5-11-6-4-10-15(13)16(11)14;1-2-4-5-3-1/h1-10H;1-5H. The molecular weight excluding hydrogens is 254 g/mol. The van der Waals surface area contributed by atoms with Crippen molar-refractivity contribution in [3.63, 3.8) is 0 Å². The Bertz CT molecular complexity index is 814. The molecule has 0 fully saturated rings. The number of rotatable bonds is 0. The molecule has 3 aromatic carbocycles. The molecule has 5 rings (SSSR count). The third-order valence-electron chi connectivity index (χ3n) is 3.91. The fraction of sp³-hybridized carbons (Fsp3) is 0. The van der Waals surface area contributed by atoms with E-state index in [-0.39, 0.29) is 0 Å². The van der Waals surface area contributed by atoms with Crippen LogP contribution in [0.4, 0.5) is 0 Å². The van der Waals surface area contributed by atoms with E-state index in [0.717, 1.165) is 0 Å². The number of hydrogen-bond acceptors (Lipinski definition) is 0. The minimum atomic E-state index is 1.34. The Labute approximate surface area is 123 Å². The lowest BCUT2D eigenvalue weighted by molar-refractivity contribution is 1.42. The zero-order valence-corrected chi connectivity index (χ0v) is 11.6. The van der Waals surface area contributed by atoms with Gasteiger partial charge in [-0.3, -0.25) is 0 Å². The van der Waals surface area contributed by atoms with Gasteiger partial charge in [0.05, 0.1) is 0 Å². The topological polar surface area (TPSA) is 15.8 Å². The molecule has 1 aliphatic carbocycles. The lowest BCUT2D eigenvalue weighted by Crippen LogP contribution is -1.73. The van der Waals surface area contributed by atoms with E-state index in [9.17, 15) is 0 Å². The molecule has 0 atom stereocenters. The van der Waals surface area contributed by atoms with Crippen molar-refractivity contribution in [1.29, 1.82) is 0 Å². The molecule has 0 unspecified atom stereocenters. The lowest BCUT2D eigenvalue weighted by atomic mass is 10.0. The number of H-pyrrole nitrogens is 1. The first-order chi connectivity index (χ1) is 10.4. The van der Waals surface area contributed by atoms with E-state index in [1.165, 1.54) is 33.0 Å². The quantitative estimate of drug-likeness (QED) is 0.382. The van der Waals surface area contributed by atoms with E-state index >= 15 is 0 Å². The average Bonchev–Trinajstić information content (AvgIpc) is 3.21. The highest BCUT2D eigenvalue weighted by atomic mass is 14.6. The summed E-state index contributed by atoms with van der Waals surface area (Å²) in [5, 5.41) is 2.75. The maximum atomic E-state index is 2.86. The number of nitrogens with one attached hydrogen (secondary N) is 1. The van der Waals surface area contributed by atoms with Gasteiger partial charge in [-0.1, -0.05) is 60.7 Å². The number of hydrogen-bond donors (Lipinski definition) is 1. The lowest BCUT2D eigenvalue weighted by Gasteiger charge is -2.00. The van der Waals surface area contributed by atoms with Gasteiger partial charge in [0.25, 0.3) is 0 Å². The number of benzene rings is 3. The summed E-state index contributed by atoms with van der Waals surface area (Å²) >= 11 is 0. The predicted octanol–water partition coefficient (Wildman–Crippen LogP) is 5.50. The predicted molar refractivity (Wildman–Crippen MR) is 89.2 cm³/mol. The Morgan fingerprint density at radius 3 is 1.48 bits per heavy atom. The van der Waals surface area contributed by atoms with E-state index in [4.69, 9.17) is 0 Å². The highest BCUT2D eigenvalue weighted by Crippen LogP contribution is 2.46. The van der Waals surface area contributed by atoms with Gasteiger partial charge in [-0.25, -0.2) is 0 Å². The number of aromatic amines is 1. The molecule has 0 bridgehead atoms. The molecule has 1 aliphatic rings. The second-order valence-corrected chi connectivity index (χ2v) is 5.14. The maximum Gasteiger partial charge on any atom is 0.000496 e. The third-order valence-corrected chi connectivity index (χ3v) is 3.91.